The van der Waals surface area contributed by atoms with Crippen LogP contribution in [0.25, 0.3) is 10.9 Å². The number of anilines is 1. The lowest BCUT2D eigenvalue weighted by Crippen LogP contribution is -2.17. The second kappa shape index (κ2) is 6.33. The number of fused-ring (bicyclic) bond motifs is 1. The summed E-state index contributed by atoms with van der Waals surface area (Å²) in [7, 11) is 0. The van der Waals surface area contributed by atoms with Crippen molar-refractivity contribution in [3.05, 3.63) is 30.0 Å². The van der Waals surface area contributed by atoms with Crippen LogP contribution < -0.4 is 5.32 Å². The van der Waals surface area contributed by atoms with E-state index in [4.69, 9.17) is 0 Å². The van der Waals surface area contributed by atoms with Crippen molar-refractivity contribution in [1.29, 1.82) is 5.26 Å². The largest absolute Gasteiger partial charge is 0.380 e. The number of hydrogen-bond acceptors (Lipinski definition) is 4. The van der Waals surface area contributed by atoms with Gasteiger partial charge in [-0.2, -0.15) is 5.26 Å². The Morgan fingerprint density at radius 3 is 2.60 bits per heavy atom. The molecule has 0 saturated carbocycles. The molecule has 1 unspecified atom stereocenters. The molecule has 1 atom stereocenters. The van der Waals surface area contributed by atoms with E-state index in [2.05, 4.69) is 42.4 Å². The molecule has 0 radical (unpaired) electrons. The number of hydrogen-bond donors (Lipinski definition) is 1. The Labute approximate surface area is 119 Å². The smallest absolute Gasteiger partial charge is 0.186 e. The summed E-state index contributed by atoms with van der Waals surface area (Å²) in [5.41, 5.74) is 1.97. The first-order chi connectivity index (χ1) is 9.61. The van der Waals surface area contributed by atoms with Gasteiger partial charge < -0.3 is 5.32 Å². The minimum absolute atomic E-state index is 0.303. The van der Waals surface area contributed by atoms with Gasteiger partial charge in [0.05, 0.1) is 11.2 Å². The van der Waals surface area contributed by atoms with Gasteiger partial charge in [-0.3, -0.25) is 0 Å². The summed E-state index contributed by atoms with van der Waals surface area (Å²) in [6.07, 6.45) is 2.23. The van der Waals surface area contributed by atoms with Crippen molar-refractivity contribution in [2.45, 2.75) is 39.7 Å². The summed E-state index contributed by atoms with van der Waals surface area (Å²) in [6, 6.07) is 10.2. The van der Waals surface area contributed by atoms with Crippen LogP contribution in [0.3, 0.4) is 0 Å². The zero-order chi connectivity index (χ0) is 14.5. The van der Waals surface area contributed by atoms with Gasteiger partial charge in [-0.1, -0.05) is 32.0 Å². The summed E-state index contributed by atoms with van der Waals surface area (Å²) in [6.45, 7) is 6.58. The van der Waals surface area contributed by atoms with E-state index in [9.17, 15) is 5.26 Å². The van der Waals surface area contributed by atoms with Crippen LogP contribution in [0.15, 0.2) is 24.3 Å². The van der Waals surface area contributed by atoms with Gasteiger partial charge in [-0.15, -0.1) is 10.2 Å². The third kappa shape index (κ3) is 3.24. The van der Waals surface area contributed by atoms with Crippen molar-refractivity contribution in [2.75, 3.05) is 5.32 Å². The molecule has 0 aliphatic carbocycles. The lowest BCUT2D eigenvalue weighted by Gasteiger charge is -2.18. The predicted molar refractivity (Wildman–Crippen MR) is 81.4 cm³/mol. The highest BCUT2D eigenvalue weighted by atomic mass is 15.1. The van der Waals surface area contributed by atoms with Crippen LogP contribution in [0, 0.1) is 17.2 Å². The second-order valence-corrected chi connectivity index (χ2v) is 5.57. The Morgan fingerprint density at radius 2 is 1.90 bits per heavy atom. The number of nitrogens with one attached hydrogen (secondary N) is 1. The fraction of sp³-hybridized carbons (Fsp3) is 0.438. The Kier molecular flexibility index (Phi) is 4.52. The summed E-state index contributed by atoms with van der Waals surface area (Å²) in [4.78, 5) is 0. The Balaban J connectivity index is 2.30. The first-order valence-corrected chi connectivity index (χ1v) is 7.04. The van der Waals surface area contributed by atoms with E-state index in [1.165, 1.54) is 0 Å². The van der Waals surface area contributed by atoms with Crippen molar-refractivity contribution < 1.29 is 0 Å². The maximum atomic E-state index is 9.22. The molecule has 2 rings (SSSR count). The van der Waals surface area contributed by atoms with Crippen LogP contribution in [0.1, 0.15) is 39.3 Å². The molecular formula is C16H20N4. The van der Waals surface area contributed by atoms with Crippen molar-refractivity contribution >= 4 is 16.6 Å². The molecule has 1 N–H and O–H groups in total. The van der Waals surface area contributed by atoms with Crippen LogP contribution in [0.4, 0.5) is 5.69 Å². The minimum atomic E-state index is 0.303. The SMILES string of the molecule is CC(C)CCC(C)Nc1c(C#N)nnc2ccccc12. The van der Waals surface area contributed by atoms with Gasteiger partial charge in [0.15, 0.2) is 5.69 Å². The van der Waals surface area contributed by atoms with Crippen molar-refractivity contribution in [3.63, 3.8) is 0 Å². The average Bonchev–Trinajstić information content (AvgIpc) is 2.45. The fourth-order valence-electron chi connectivity index (χ4n) is 2.18. The number of rotatable bonds is 5. The predicted octanol–water partition coefficient (Wildman–Crippen LogP) is 3.74. The van der Waals surface area contributed by atoms with Crippen LogP contribution in [-0.2, 0) is 0 Å². The molecule has 0 saturated heterocycles. The van der Waals surface area contributed by atoms with Crippen LogP contribution in [0.2, 0.25) is 0 Å². The molecular weight excluding hydrogens is 248 g/mol. The molecule has 1 aromatic carbocycles. The molecule has 0 bridgehead atoms. The maximum Gasteiger partial charge on any atom is 0.186 e. The molecule has 0 amide bonds. The number of aromatic nitrogens is 2. The Morgan fingerprint density at radius 1 is 1.15 bits per heavy atom. The lowest BCUT2D eigenvalue weighted by atomic mass is 10.0. The summed E-state index contributed by atoms with van der Waals surface area (Å²) >= 11 is 0. The van der Waals surface area contributed by atoms with E-state index in [1.54, 1.807) is 0 Å². The third-order valence-electron chi connectivity index (χ3n) is 3.34. The molecule has 104 valence electrons. The first kappa shape index (κ1) is 14.3. The quantitative estimate of drug-likeness (QED) is 0.897. The van der Waals surface area contributed by atoms with Crippen LogP contribution in [-0.4, -0.2) is 16.2 Å². The number of nitrogens with zero attached hydrogens (tertiary/aromatic N) is 3. The topological polar surface area (TPSA) is 61.6 Å². The number of benzene rings is 1. The molecule has 0 aliphatic rings. The van der Waals surface area contributed by atoms with Gasteiger partial charge in [0, 0.05) is 11.4 Å². The lowest BCUT2D eigenvalue weighted by molar-refractivity contribution is 0.528. The highest BCUT2D eigenvalue weighted by molar-refractivity contribution is 5.92. The average molecular weight is 268 g/mol. The van der Waals surface area contributed by atoms with Crippen LogP contribution in [0.5, 0.6) is 0 Å². The molecule has 4 heteroatoms. The van der Waals surface area contributed by atoms with E-state index in [0.29, 0.717) is 17.7 Å². The molecule has 0 fully saturated rings. The molecule has 4 nitrogen and oxygen atoms in total. The Bertz CT molecular complexity index is 628. The van der Waals surface area contributed by atoms with Crippen molar-refractivity contribution in [1.82, 2.24) is 10.2 Å². The van der Waals surface area contributed by atoms with Gasteiger partial charge in [-0.05, 0) is 31.7 Å². The van der Waals surface area contributed by atoms with E-state index >= 15 is 0 Å². The molecule has 2 aromatic rings. The molecule has 20 heavy (non-hydrogen) atoms. The number of nitriles is 1. The monoisotopic (exact) mass is 268 g/mol. The van der Waals surface area contributed by atoms with Gasteiger partial charge in [-0.25, -0.2) is 0 Å². The first-order valence-electron chi connectivity index (χ1n) is 7.04. The Hall–Kier alpha value is -2.15. The summed E-state index contributed by atoms with van der Waals surface area (Å²) < 4.78 is 0. The molecule has 0 aliphatic heterocycles. The van der Waals surface area contributed by atoms with Gasteiger partial charge in [0.2, 0.25) is 0 Å². The fourth-order valence-corrected chi connectivity index (χ4v) is 2.18. The summed E-state index contributed by atoms with van der Waals surface area (Å²) in [5, 5.41) is 21.7. The van der Waals surface area contributed by atoms with Gasteiger partial charge in [0.1, 0.15) is 6.07 Å². The maximum absolute atomic E-state index is 9.22. The normalized spacial score (nSPS) is 12.3. The summed E-state index contributed by atoms with van der Waals surface area (Å²) in [5.74, 6) is 0.682. The van der Waals surface area contributed by atoms with Crippen LogP contribution >= 0.6 is 0 Å². The van der Waals surface area contributed by atoms with E-state index in [-0.39, 0.29) is 0 Å². The van der Waals surface area contributed by atoms with Crippen molar-refractivity contribution in [3.8, 4) is 6.07 Å². The van der Waals surface area contributed by atoms with Crippen molar-refractivity contribution in [2.24, 2.45) is 5.92 Å². The highest BCUT2D eigenvalue weighted by Crippen LogP contribution is 2.25. The highest BCUT2D eigenvalue weighted by Gasteiger charge is 2.12. The zero-order valence-corrected chi connectivity index (χ0v) is 12.2. The van der Waals surface area contributed by atoms with E-state index in [1.807, 2.05) is 24.3 Å². The molecule has 1 heterocycles. The van der Waals surface area contributed by atoms with E-state index < -0.39 is 0 Å². The standard InChI is InChI=1S/C16H20N4/c1-11(2)8-9-12(3)18-16-13-6-4-5-7-14(13)19-20-15(16)10-17/h4-7,11-12H,8-9H2,1-3H3,(H,18,19). The zero-order valence-electron chi connectivity index (χ0n) is 12.2. The second-order valence-electron chi connectivity index (χ2n) is 5.57. The molecule has 0 spiro atoms. The third-order valence-corrected chi connectivity index (χ3v) is 3.34. The van der Waals surface area contributed by atoms with Gasteiger partial charge in [0.25, 0.3) is 0 Å². The van der Waals surface area contributed by atoms with E-state index in [0.717, 1.165) is 29.4 Å². The van der Waals surface area contributed by atoms with Gasteiger partial charge >= 0.3 is 0 Å². The molecule has 1 aromatic heterocycles. The minimum Gasteiger partial charge on any atom is -0.380 e.